The van der Waals surface area contributed by atoms with E-state index in [0.717, 1.165) is 22.1 Å². The molecule has 0 saturated carbocycles. The van der Waals surface area contributed by atoms with Gasteiger partial charge in [-0.05, 0) is 35.4 Å². The van der Waals surface area contributed by atoms with Crippen LogP contribution >= 0.6 is 0 Å². The van der Waals surface area contributed by atoms with Crippen molar-refractivity contribution in [2.24, 2.45) is 0 Å². The summed E-state index contributed by atoms with van der Waals surface area (Å²) in [5.74, 6) is -0.291. The topological polar surface area (TPSA) is 55.8 Å². The fraction of sp³-hybridized carbons (Fsp3) is 0.333. The first-order valence-electron chi connectivity index (χ1n) is 7.37. The van der Waals surface area contributed by atoms with Gasteiger partial charge in [0.2, 0.25) is 0 Å². The number of fused-ring (bicyclic) bond motifs is 1. The number of carbonyl (C=O) groups excluding carboxylic acids is 2. The molecular formula is C18H21NO4. The molecule has 0 N–H and O–H groups in total. The number of nitrogens with zero attached hydrogens (tertiary/aromatic N) is 1. The smallest absolute Gasteiger partial charge is 0.313 e. The summed E-state index contributed by atoms with van der Waals surface area (Å²) in [6.45, 7) is 1.54. The van der Waals surface area contributed by atoms with Crippen LogP contribution in [0.2, 0.25) is 0 Å². The Hall–Kier alpha value is -2.56. The van der Waals surface area contributed by atoms with Crippen molar-refractivity contribution in [2.75, 3.05) is 27.8 Å². The maximum atomic E-state index is 12.1. The molecule has 2 rings (SSSR count). The lowest BCUT2D eigenvalue weighted by Gasteiger charge is -2.14. The third-order valence-corrected chi connectivity index (χ3v) is 3.76. The molecular weight excluding hydrogens is 294 g/mol. The molecule has 1 amide bonds. The second kappa shape index (κ2) is 7.13. The molecule has 0 radical (unpaired) electrons. The Morgan fingerprint density at radius 3 is 2.39 bits per heavy atom. The van der Waals surface area contributed by atoms with E-state index < -0.39 is 11.9 Å². The van der Waals surface area contributed by atoms with Crippen molar-refractivity contribution in [1.29, 1.82) is 0 Å². The minimum Gasteiger partial charge on any atom is -0.497 e. The Balaban J connectivity index is 2.12. The normalized spacial score (nSPS) is 11.8. The summed E-state index contributed by atoms with van der Waals surface area (Å²) in [4.78, 5) is 25.0. The average Bonchev–Trinajstić information content (AvgIpc) is 2.57. The third-order valence-electron chi connectivity index (χ3n) is 3.76. The second-order valence-electron chi connectivity index (χ2n) is 5.59. The van der Waals surface area contributed by atoms with Gasteiger partial charge >= 0.3 is 5.97 Å². The maximum absolute atomic E-state index is 12.1. The van der Waals surface area contributed by atoms with Crippen molar-refractivity contribution in [3.63, 3.8) is 0 Å². The lowest BCUT2D eigenvalue weighted by atomic mass is 9.98. The minimum absolute atomic E-state index is 0.235. The highest BCUT2D eigenvalue weighted by Gasteiger charge is 2.18. The first-order chi connectivity index (χ1) is 10.9. The van der Waals surface area contributed by atoms with Gasteiger partial charge in [-0.3, -0.25) is 9.59 Å². The van der Waals surface area contributed by atoms with E-state index in [1.807, 2.05) is 36.4 Å². The van der Waals surface area contributed by atoms with Gasteiger partial charge in [0.05, 0.1) is 13.0 Å². The molecule has 2 aromatic rings. The molecule has 5 heteroatoms. The number of rotatable bonds is 5. The van der Waals surface area contributed by atoms with E-state index in [2.05, 4.69) is 0 Å². The molecule has 0 aliphatic carbocycles. The third kappa shape index (κ3) is 4.00. The molecule has 0 fully saturated rings. The molecule has 0 aromatic heterocycles. The van der Waals surface area contributed by atoms with Crippen LogP contribution in [-0.4, -0.2) is 44.6 Å². The van der Waals surface area contributed by atoms with Crippen LogP contribution in [-0.2, 0) is 14.3 Å². The average molecular weight is 315 g/mol. The van der Waals surface area contributed by atoms with Crippen molar-refractivity contribution >= 4 is 22.6 Å². The predicted octanol–water partition coefficient (Wildman–Crippen LogP) is 2.58. The summed E-state index contributed by atoms with van der Waals surface area (Å²) in [7, 11) is 4.87. The fourth-order valence-corrected chi connectivity index (χ4v) is 2.16. The highest BCUT2D eigenvalue weighted by atomic mass is 16.5. The van der Waals surface area contributed by atoms with Gasteiger partial charge in [-0.1, -0.05) is 24.3 Å². The maximum Gasteiger partial charge on any atom is 0.313 e. The zero-order valence-electron chi connectivity index (χ0n) is 13.8. The lowest BCUT2D eigenvalue weighted by Crippen LogP contribution is -2.28. The van der Waals surface area contributed by atoms with Gasteiger partial charge in [0, 0.05) is 14.1 Å². The van der Waals surface area contributed by atoms with Crippen LogP contribution in [0.3, 0.4) is 0 Å². The Morgan fingerprint density at radius 1 is 1.09 bits per heavy atom. The van der Waals surface area contributed by atoms with Crippen molar-refractivity contribution in [2.45, 2.75) is 12.8 Å². The Labute approximate surface area is 135 Å². The Morgan fingerprint density at radius 2 is 1.74 bits per heavy atom. The number of ether oxygens (including phenoxy) is 2. The fourth-order valence-electron chi connectivity index (χ4n) is 2.16. The minimum atomic E-state index is -0.434. The van der Waals surface area contributed by atoms with Gasteiger partial charge in [0.15, 0.2) is 6.61 Å². The molecule has 0 heterocycles. The summed E-state index contributed by atoms with van der Waals surface area (Å²) >= 11 is 0. The number of benzene rings is 2. The van der Waals surface area contributed by atoms with Gasteiger partial charge in [-0.25, -0.2) is 0 Å². The van der Waals surface area contributed by atoms with Crippen molar-refractivity contribution < 1.29 is 19.1 Å². The van der Waals surface area contributed by atoms with Crippen LogP contribution in [0, 0.1) is 0 Å². The highest BCUT2D eigenvalue weighted by Crippen LogP contribution is 2.25. The van der Waals surface area contributed by atoms with Gasteiger partial charge in [-0.2, -0.15) is 0 Å². The van der Waals surface area contributed by atoms with Crippen LogP contribution in [0.4, 0.5) is 0 Å². The summed E-state index contributed by atoms with van der Waals surface area (Å²) in [5, 5.41) is 2.06. The van der Waals surface area contributed by atoms with Crippen LogP contribution < -0.4 is 4.74 Å². The molecule has 0 aliphatic rings. The Kier molecular flexibility index (Phi) is 5.21. The van der Waals surface area contributed by atoms with Crippen molar-refractivity contribution in [1.82, 2.24) is 4.90 Å². The Bertz CT molecular complexity index is 724. The molecule has 2 aromatic carbocycles. The summed E-state index contributed by atoms with van der Waals surface area (Å²) in [6.07, 6.45) is 0. The highest BCUT2D eigenvalue weighted by molar-refractivity contribution is 5.87. The zero-order valence-corrected chi connectivity index (χ0v) is 13.8. The summed E-state index contributed by atoms with van der Waals surface area (Å²) < 4.78 is 10.3. The van der Waals surface area contributed by atoms with Crippen LogP contribution in [0.15, 0.2) is 36.4 Å². The number of methoxy groups -OCH3 is 1. The second-order valence-corrected chi connectivity index (χ2v) is 5.59. The molecule has 0 bridgehead atoms. The van der Waals surface area contributed by atoms with E-state index in [4.69, 9.17) is 9.47 Å². The number of esters is 1. The van der Waals surface area contributed by atoms with Gasteiger partial charge in [0.25, 0.3) is 5.91 Å². The predicted molar refractivity (Wildman–Crippen MR) is 88.6 cm³/mol. The van der Waals surface area contributed by atoms with E-state index in [1.54, 1.807) is 28.1 Å². The van der Waals surface area contributed by atoms with Gasteiger partial charge < -0.3 is 14.4 Å². The SMILES string of the molecule is COc1ccc2cc([C@H](C)C(=O)OCC(=O)N(C)C)ccc2c1. The lowest BCUT2D eigenvalue weighted by molar-refractivity contribution is -0.152. The van der Waals surface area contributed by atoms with E-state index in [9.17, 15) is 9.59 Å². The molecule has 1 atom stereocenters. The molecule has 122 valence electrons. The number of likely N-dealkylation sites (N-methyl/N-ethyl adjacent to an activating group) is 1. The van der Waals surface area contributed by atoms with Gasteiger partial charge in [0.1, 0.15) is 5.75 Å². The zero-order chi connectivity index (χ0) is 17.0. The van der Waals surface area contributed by atoms with Crippen LogP contribution in [0.25, 0.3) is 10.8 Å². The number of hydrogen-bond acceptors (Lipinski definition) is 4. The first-order valence-corrected chi connectivity index (χ1v) is 7.37. The standard InChI is InChI=1S/C18H21NO4/c1-12(18(21)23-11-17(20)19(2)3)13-5-6-15-10-16(22-4)8-7-14(15)9-13/h5-10,12H,11H2,1-4H3/t12-/m0/s1. The van der Waals surface area contributed by atoms with Crippen LogP contribution in [0.1, 0.15) is 18.4 Å². The molecule has 0 spiro atoms. The monoisotopic (exact) mass is 315 g/mol. The van der Waals surface area contributed by atoms with Gasteiger partial charge in [-0.15, -0.1) is 0 Å². The van der Waals surface area contributed by atoms with E-state index in [-0.39, 0.29) is 12.5 Å². The van der Waals surface area contributed by atoms with E-state index >= 15 is 0 Å². The van der Waals surface area contributed by atoms with Crippen LogP contribution in [0.5, 0.6) is 5.75 Å². The van der Waals surface area contributed by atoms with Crippen molar-refractivity contribution in [3.05, 3.63) is 42.0 Å². The molecule has 0 aliphatic heterocycles. The number of hydrogen-bond donors (Lipinski definition) is 0. The number of amides is 1. The first kappa shape index (κ1) is 16.8. The van der Waals surface area contributed by atoms with Crippen molar-refractivity contribution in [3.8, 4) is 5.75 Å². The quantitative estimate of drug-likeness (QED) is 0.796. The summed E-state index contributed by atoms with van der Waals surface area (Å²) in [6, 6.07) is 11.6. The van der Waals surface area contributed by atoms with E-state index in [0.29, 0.717) is 0 Å². The van der Waals surface area contributed by atoms with E-state index in [1.165, 1.54) is 4.90 Å². The molecule has 23 heavy (non-hydrogen) atoms. The summed E-state index contributed by atoms with van der Waals surface area (Å²) in [5.41, 5.74) is 0.852. The largest absolute Gasteiger partial charge is 0.497 e. The number of carbonyl (C=O) groups is 2. The molecule has 0 unspecified atom stereocenters. The molecule has 0 saturated heterocycles. The molecule has 5 nitrogen and oxygen atoms in total.